The Hall–Kier alpha value is -2.12. The summed E-state index contributed by atoms with van der Waals surface area (Å²) in [6.45, 7) is 4.21. The third kappa shape index (κ3) is 4.71. The number of urea groups is 1. The molecule has 2 aromatic rings. The number of benzene rings is 1. The van der Waals surface area contributed by atoms with Crippen LogP contribution in [-0.4, -0.2) is 22.9 Å². The largest absolute Gasteiger partial charge is 0.468 e. The highest BCUT2D eigenvalue weighted by Gasteiger charge is 2.08. The van der Waals surface area contributed by atoms with Crippen molar-refractivity contribution in [2.24, 2.45) is 0 Å². The van der Waals surface area contributed by atoms with E-state index in [1.807, 2.05) is 12.1 Å². The molecule has 2 rings (SSSR count). The first-order chi connectivity index (χ1) is 10.6. The minimum absolute atomic E-state index is 0.291. The summed E-state index contributed by atoms with van der Waals surface area (Å²) >= 11 is 1.48. The van der Waals surface area contributed by atoms with E-state index in [1.54, 1.807) is 18.3 Å². The van der Waals surface area contributed by atoms with Crippen LogP contribution in [0.1, 0.15) is 30.2 Å². The van der Waals surface area contributed by atoms with Crippen LogP contribution in [0.25, 0.3) is 0 Å². The van der Waals surface area contributed by atoms with Gasteiger partial charge in [-0.25, -0.2) is 9.78 Å². The van der Waals surface area contributed by atoms with Crippen molar-refractivity contribution in [2.75, 3.05) is 12.1 Å². The first-order valence-corrected chi connectivity index (χ1v) is 7.73. The average Bonchev–Trinajstić information content (AvgIpc) is 2.95. The predicted molar refractivity (Wildman–Crippen MR) is 86.2 cm³/mol. The molecule has 2 amide bonds. The lowest BCUT2D eigenvalue weighted by atomic mass is 10.2. The molecule has 0 unspecified atom stereocenters. The summed E-state index contributed by atoms with van der Waals surface area (Å²) < 4.78 is 4.94. The fourth-order valence-electron chi connectivity index (χ4n) is 1.71. The second-order valence-corrected chi connectivity index (χ2v) is 6.01. The van der Waals surface area contributed by atoms with E-state index in [0.717, 1.165) is 10.4 Å². The minimum atomic E-state index is -0.355. The number of thiazole rings is 1. The second kappa shape index (κ2) is 7.77. The number of nitrogens with zero attached hydrogens (tertiary/aromatic N) is 1. The fraction of sp³-hybridized carbons (Fsp3) is 0.333. The van der Waals surface area contributed by atoms with E-state index in [0.29, 0.717) is 23.3 Å². The van der Waals surface area contributed by atoms with Crippen molar-refractivity contribution in [1.82, 2.24) is 10.3 Å². The molecule has 1 heterocycles. The van der Waals surface area contributed by atoms with Crippen molar-refractivity contribution in [3.63, 3.8) is 0 Å². The topological polar surface area (TPSA) is 83.5 Å². The molecule has 0 aliphatic carbocycles. The number of anilines is 1. The lowest BCUT2D eigenvalue weighted by molar-refractivity contribution is 0.0985. The predicted octanol–water partition coefficient (Wildman–Crippen LogP) is 2.92. The van der Waals surface area contributed by atoms with Crippen molar-refractivity contribution in [1.29, 1.82) is 0 Å². The van der Waals surface area contributed by atoms with Crippen LogP contribution >= 0.6 is 11.3 Å². The van der Waals surface area contributed by atoms with Gasteiger partial charge < -0.3 is 15.2 Å². The van der Waals surface area contributed by atoms with Gasteiger partial charge in [-0.15, -0.1) is 11.3 Å². The molecule has 0 bridgehead atoms. The first kappa shape index (κ1) is 16.3. The minimum Gasteiger partial charge on any atom is -0.468 e. The Kier molecular flexibility index (Phi) is 5.74. The molecule has 1 aromatic heterocycles. The normalized spacial score (nSPS) is 10.5. The number of ether oxygens (including phenoxy) is 1. The van der Waals surface area contributed by atoms with Crippen molar-refractivity contribution < 1.29 is 14.6 Å². The third-order valence-corrected chi connectivity index (χ3v) is 4.13. The molecule has 0 spiro atoms. The summed E-state index contributed by atoms with van der Waals surface area (Å²) in [4.78, 5) is 17.1. The Bertz CT molecular complexity index is 611. The molecule has 7 heteroatoms. The summed E-state index contributed by atoms with van der Waals surface area (Å²) in [6, 6.07) is 6.83. The number of carbonyl (C=O) groups is 1. The number of aliphatic hydroxyl groups excluding tert-OH is 1. The Morgan fingerprint density at radius 3 is 2.68 bits per heavy atom. The van der Waals surface area contributed by atoms with Gasteiger partial charge in [-0.05, 0) is 23.6 Å². The third-order valence-electron chi connectivity index (χ3n) is 2.92. The van der Waals surface area contributed by atoms with Gasteiger partial charge >= 0.3 is 6.03 Å². The molecular weight excluding hydrogens is 302 g/mol. The van der Waals surface area contributed by atoms with Crippen molar-refractivity contribution in [2.45, 2.75) is 26.3 Å². The van der Waals surface area contributed by atoms with Gasteiger partial charge in [0.25, 0.3) is 0 Å². The summed E-state index contributed by atoms with van der Waals surface area (Å²) in [5.41, 5.74) is 0.933. The molecule has 0 saturated carbocycles. The van der Waals surface area contributed by atoms with Crippen LogP contribution in [-0.2, 0) is 6.54 Å². The van der Waals surface area contributed by atoms with Gasteiger partial charge in [-0.2, -0.15) is 0 Å². The second-order valence-electron chi connectivity index (χ2n) is 4.95. The average molecular weight is 321 g/mol. The SMILES string of the molecule is CC(C)c1cnc(NC(=O)NCc2ccc(OCO)cc2)s1. The number of amides is 2. The zero-order valence-electron chi connectivity index (χ0n) is 12.5. The molecule has 1 aromatic carbocycles. The highest BCUT2D eigenvalue weighted by molar-refractivity contribution is 7.15. The molecule has 0 aliphatic heterocycles. The van der Waals surface area contributed by atoms with E-state index < -0.39 is 0 Å². The molecule has 0 fully saturated rings. The molecular formula is C15H19N3O3S. The van der Waals surface area contributed by atoms with Crippen LogP contribution in [0.4, 0.5) is 9.93 Å². The maximum atomic E-state index is 11.8. The molecule has 22 heavy (non-hydrogen) atoms. The van der Waals surface area contributed by atoms with Crippen LogP contribution < -0.4 is 15.4 Å². The van der Waals surface area contributed by atoms with Gasteiger partial charge in [0, 0.05) is 17.6 Å². The molecule has 3 N–H and O–H groups in total. The molecule has 0 atom stereocenters. The Morgan fingerprint density at radius 2 is 2.09 bits per heavy atom. The summed E-state index contributed by atoms with van der Waals surface area (Å²) in [5, 5.41) is 14.7. The lowest BCUT2D eigenvalue weighted by Gasteiger charge is -2.07. The van der Waals surface area contributed by atoms with Gasteiger partial charge in [0.2, 0.25) is 0 Å². The van der Waals surface area contributed by atoms with E-state index in [2.05, 4.69) is 29.5 Å². The quantitative estimate of drug-likeness (QED) is 0.714. The van der Waals surface area contributed by atoms with Crippen LogP contribution in [0.3, 0.4) is 0 Å². The van der Waals surface area contributed by atoms with E-state index in [9.17, 15) is 4.79 Å². The van der Waals surface area contributed by atoms with Gasteiger partial charge in [0.05, 0.1) is 0 Å². The first-order valence-electron chi connectivity index (χ1n) is 6.91. The maximum Gasteiger partial charge on any atom is 0.321 e. The fourth-order valence-corrected chi connectivity index (χ4v) is 2.53. The van der Waals surface area contributed by atoms with Crippen LogP contribution in [0.15, 0.2) is 30.5 Å². The van der Waals surface area contributed by atoms with Crippen molar-refractivity contribution >= 4 is 22.5 Å². The van der Waals surface area contributed by atoms with Gasteiger partial charge in [-0.3, -0.25) is 5.32 Å². The smallest absolute Gasteiger partial charge is 0.321 e. The number of rotatable bonds is 6. The van der Waals surface area contributed by atoms with Crippen molar-refractivity contribution in [3.05, 3.63) is 40.9 Å². The highest BCUT2D eigenvalue weighted by atomic mass is 32.1. The molecule has 0 saturated heterocycles. The Labute approximate surface area is 133 Å². The molecule has 6 nitrogen and oxygen atoms in total. The lowest BCUT2D eigenvalue weighted by Crippen LogP contribution is -2.28. The number of hydrogen-bond donors (Lipinski definition) is 3. The number of nitrogens with one attached hydrogen (secondary N) is 2. The number of aliphatic hydroxyl groups is 1. The van der Waals surface area contributed by atoms with Crippen LogP contribution in [0, 0.1) is 0 Å². The number of hydrogen-bond acceptors (Lipinski definition) is 5. The Balaban J connectivity index is 1.81. The zero-order chi connectivity index (χ0) is 15.9. The van der Waals surface area contributed by atoms with E-state index in [4.69, 9.17) is 9.84 Å². The van der Waals surface area contributed by atoms with E-state index in [1.165, 1.54) is 11.3 Å². The van der Waals surface area contributed by atoms with Gasteiger partial charge in [0.1, 0.15) is 5.75 Å². The van der Waals surface area contributed by atoms with Crippen molar-refractivity contribution in [3.8, 4) is 5.75 Å². The zero-order valence-corrected chi connectivity index (χ0v) is 13.3. The number of carbonyl (C=O) groups excluding carboxylic acids is 1. The standard InChI is InChI=1S/C15H19N3O3S/c1-10(2)13-8-17-15(22-13)18-14(20)16-7-11-3-5-12(6-4-11)21-9-19/h3-6,8,10,19H,7,9H2,1-2H3,(H2,16,17,18,20). The number of aromatic nitrogens is 1. The molecule has 0 radical (unpaired) electrons. The van der Waals surface area contributed by atoms with E-state index in [-0.39, 0.29) is 12.8 Å². The van der Waals surface area contributed by atoms with Gasteiger partial charge in [-0.1, -0.05) is 26.0 Å². The summed E-state index contributed by atoms with van der Waals surface area (Å²) in [6.07, 6.45) is 1.78. The Morgan fingerprint density at radius 1 is 1.36 bits per heavy atom. The highest BCUT2D eigenvalue weighted by Crippen LogP contribution is 2.24. The van der Waals surface area contributed by atoms with Gasteiger partial charge in [0.15, 0.2) is 11.9 Å². The summed E-state index contributed by atoms with van der Waals surface area (Å²) in [5.74, 6) is 0.982. The van der Waals surface area contributed by atoms with E-state index >= 15 is 0 Å². The molecule has 118 valence electrons. The van der Waals surface area contributed by atoms with Crippen LogP contribution in [0.5, 0.6) is 5.75 Å². The summed E-state index contributed by atoms with van der Waals surface area (Å²) in [7, 11) is 0. The molecule has 0 aliphatic rings. The monoisotopic (exact) mass is 321 g/mol. The maximum absolute atomic E-state index is 11.8. The van der Waals surface area contributed by atoms with Crippen LogP contribution in [0.2, 0.25) is 0 Å².